The minimum atomic E-state index is -0.760. The second kappa shape index (κ2) is 8.67. The Bertz CT molecular complexity index is 1110. The first-order valence-corrected chi connectivity index (χ1v) is 8.61. The van der Waals surface area contributed by atoms with Gasteiger partial charge in [-0.05, 0) is 17.7 Å². The summed E-state index contributed by atoms with van der Waals surface area (Å²) in [6.45, 7) is -0.0204. The molecule has 0 N–H and O–H groups in total. The van der Waals surface area contributed by atoms with Crippen LogP contribution in [0.2, 0.25) is 0 Å². The van der Waals surface area contributed by atoms with E-state index >= 15 is 0 Å². The van der Waals surface area contributed by atoms with Crippen molar-refractivity contribution in [1.29, 1.82) is 5.26 Å². The molecule has 146 valence electrons. The Hall–Kier alpha value is -4.19. The summed E-state index contributed by atoms with van der Waals surface area (Å²) < 4.78 is 6.21. The fraction of sp³-hybridized carbons (Fsp3) is 0.150. The highest BCUT2D eigenvalue weighted by Crippen LogP contribution is 2.13. The Morgan fingerprint density at radius 1 is 1.21 bits per heavy atom. The molecular formula is C20H16N4O5. The average Bonchev–Trinajstić information content (AvgIpc) is 3.22. The molecule has 29 heavy (non-hydrogen) atoms. The summed E-state index contributed by atoms with van der Waals surface area (Å²) in [6, 6.07) is 15.2. The first kappa shape index (κ1) is 19.6. The standard InChI is InChI=1S/C20H16N4O5/c21-10-16-9-17(24(27)28)12-23(20(16)26)14-19(25)22(13-18-7-4-8-29-18)11-15-5-2-1-3-6-15/h1-9,12H,11,13-14H2. The number of carbonyl (C=O) groups excluding carboxylic acids is 1. The molecule has 0 spiro atoms. The number of nitrogens with zero attached hydrogens (tertiary/aromatic N) is 4. The SMILES string of the molecule is N#Cc1cc([N+](=O)[O-])cn(CC(=O)N(Cc2ccccc2)Cc2ccco2)c1=O. The highest BCUT2D eigenvalue weighted by atomic mass is 16.6. The molecule has 3 rings (SSSR count). The number of nitriles is 1. The van der Waals surface area contributed by atoms with Crippen molar-refractivity contribution in [3.8, 4) is 6.07 Å². The normalized spacial score (nSPS) is 10.3. The summed E-state index contributed by atoms with van der Waals surface area (Å²) in [5, 5.41) is 20.1. The van der Waals surface area contributed by atoms with Crippen molar-refractivity contribution in [2.24, 2.45) is 0 Å². The van der Waals surface area contributed by atoms with Crippen LogP contribution in [0.25, 0.3) is 0 Å². The fourth-order valence-electron chi connectivity index (χ4n) is 2.79. The molecule has 0 atom stereocenters. The van der Waals surface area contributed by atoms with Crippen molar-refractivity contribution < 1.29 is 14.1 Å². The van der Waals surface area contributed by atoms with Crippen LogP contribution in [-0.4, -0.2) is 20.3 Å². The van der Waals surface area contributed by atoms with Crippen LogP contribution in [0, 0.1) is 21.4 Å². The van der Waals surface area contributed by atoms with E-state index in [9.17, 15) is 19.7 Å². The molecule has 0 aliphatic heterocycles. The van der Waals surface area contributed by atoms with Gasteiger partial charge in [0.2, 0.25) is 5.91 Å². The van der Waals surface area contributed by atoms with Gasteiger partial charge >= 0.3 is 0 Å². The van der Waals surface area contributed by atoms with Gasteiger partial charge < -0.3 is 9.32 Å². The van der Waals surface area contributed by atoms with E-state index in [0.717, 1.165) is 22.4 Å². The summed E-state index contributed by atoms with van der Waals surface area (Å²) in [4.78, 5) is 37.1. The number of pyridine rings is 1. The molecule has 2 aromatic heterocycles. The molecule has 0 aliphatic rings. The zero-order valence-electron chi connectivity index (χ0n) is 15.2. The Morgan fingerprint density at radius 2 is 1.97 bits per heavy atom. The van der Waals surface area contributed by atoms with Crippen molar-refractivity contribution >= 4 is 11.6 Å². The third kappa shape index (κ3) is 4.75. The van der Waals surface area contributed by atoms with Gasteiger partial charge in [0.15, 0.2) is 0 Å². The number of hydrogen-bond acceptors (Lipinski definition) is 6. The second-order valence-corrected chi connectivity index (χ2v) is 6.23. The van der Waals surface area contributed by atoms with Crippen LogP contribution < -0.4 is 5.56 Å². The molecule has 0 saturated heterocycles. The van der Waals surface area contributed by atoms with E-state index in [4.69, 9.17) is 9.68 Å². The topological polar surface area (TPSA) is 122 Å². The maximum absolute atomic E-state index is 12.9. The smallest absolute Gasteiger partial charge is 0.287 e. The van der Waals surface area contributed by atoms with Crippen LogP contribution in [-0.2, 0) is 24.4 Å². The summed E-state index contributed by atoms with van der Waals surface area (Å²) in [5.74, 6) is 0.107. The molecule has 0 saturated carbocycles. The predicted molar refractivity (Wildman–Crippen MR) is 101 cm³/mol. The van der Waals surface area contributed by atoms with E-state index < -0.39 is 34.2 Å². The van der Waals surface area contributed by atoms with Crippen molar-refractivity contribution in [2.45, 2.75) is 19.6 Å². The third-order valence-corrected chi connectivity index (χ3v) is 4.20. The predicted octanol–water partition coefficient (Wildman–Crippen LogP) is 2.45. The zero-order valence-corrected chi connectivity index (χ0v) is 15.2. The lowest BCUT2D eigenvalue weighted by Gasteiger charge is -2.22. The van der Waals surface area contributed by atoms with Gasteiger partial charge in [-0.25, -0.2) is 0 Å². The van der Waals surface area contributed by atoms with Gasteiger partial charge in [0.05, 0.1) is 23.9 Å². The Kier molecular flexibility index (Phi) is 5.85. The van der Waals surface area contributed by atoms with Crippen LogP contribution >= 0.6 is 0 Å². The molecule has 0 radical (unpaired) electrons. The molecular weight excluding hydrogens is 376 g/mol. The zero-order chi connectivity index (χ0) is 20.8. The van der Waals surface area contributed by atoms with E-state index in [1.165, 1.54) is 11.2 Å². The number of benzene rings is 1. The monoisotopic (exact) mass is 392 g/mol. The highest BCUT2D eigenvalue weighted by Gasteiger charge is 2.20. The minimum absolute atomic E-state index is 0.162. The number of furan rings is 1. The molecule has 9 nitrogen and oxygen atoms in total. The van der Waals surface area contributed by atoms with Gasteiger partial charge in [-0.2, -0.15) is 5.26 Å². The molecule has 3 aromatic rings. The van der Waals surface area contributed by atoms with Gasteiger partial charge in [-0.3, -0.25) is 24.3 Å². The van der Waals surface area contributed by atoms with Crippen LogP contribution in [0.15, 0.2) is 70.2 Å². The Balaban J connectivity index is 1.90. The number of aromatic nitrogens is 1. The molecule has 0 unspecified atom stereocenters. The Labute approximate surface area is 165 Å². The molecule has 0 aliphatic carbocycles. The van der Waals surface area contributed by atoms with E-state index in [1.807, 2.05) is 30.3 Å². The molecule has 9 heteroatoms. The fourth-order valence-corrected chi connectivity index (χ4v) is 2.79. The molecule has 1 amide bonds. The van der Waals surface area contributed by atoms with E-state index in [0.29, 0.717) is 5.76 Å². The number of carbonyl (C=O) groups is 1. The Morgan fingerprint density at radius 3 is 2.59 bits per heavy atom. The van der Waals surface area contributed by atoms with Gasteiger partial charge in [0.1, 0.15) is 23.9 Å². The van der Waals surface area contributed by atoms with Crippen molar-refractivity contribution in [3.05, 3.63) is 98.3 Å². The number of nitro groups is 1. The van der Waals surface area contributed by atoms with Crippen LogP contribution in [0.3, 0.4) is 0 Å². The first-order valence-electron chi connectivity index (χ1n) is 8.61. The quantitative estimate of drug-likeness (QED) is 0.449. The minimum Gasteiger partial charge on any atom is -0.467 e. The maximum atomic E-state index is 12.9. The van der Waals surface area contributed by atoms with Crippen LogP contribution in [0.5, 0.6) is 0 Å². The third-order valence-electron chi connectivity index (χ3n) is 4.20. The molecule has 1 aromatic carbocycles. The average molecular weight is 392 g/mol. The van der Waals surface area contributed by atoms with Gasteiger partial charge in [-0.15, -0.1) is 0 Å². The van der Waals surface area contributed by atoms with Crippen molar-refractivity contribution in [3.63, 3.8) is 0 Å². The number of rotatable bonds is 7. The van der Waals surface area contributed by atoms with Crippen molar-refractivity contribution in [2.75, 3.05) is 0 Å². The molecule has 0 fully saturated rings. The first-order chi connectivity index (χ1) is 14.0. The van der Waals surface area contributed by atoms with Crippen molar-refractivity contribution in [1.82, 2.24) is 9.47 Å². The lowest BCUT2D eigenvalue weighted by atomic mass is 10.2. The second-order valence-electron chi connectivity index (χ2n) is 6.23. The largest absolute Gasteiger partial charge is 0.467 e. The lowest BCUT2D eigenvalue weighted by molar-refractivity contribution is -0.385. The summed E-state index contributed by atoms with van der Waals surface area (Å²) in [5.41, 5.74) is -0.720. The highest BCUT2D eigenvalue weighted by molar-refractivity contribution is 5.76. The lowest BCUT2D eigenvalue weighted by Crippen LogP contribution is -2.36. The maximum Gasteiger partial charge on any atom is 0.287 e. The summed E-state index contributed by atoms with van der Waals surface area (Å²) in [7, 11) is 0. The van der Waals surface area contributed by atoms with Crippen LogP contribution in [0.1, 0.15) is 16.9 Å². The molecule has 0 bridgehead atoms. The van der Waals surface area contributed by atoms with Gasteiger partial charge in [0, 0.05) is 12.6 Å². The van der Waals surface area contributed by atoms with Gasteiger partial charge in [-0.1, -0.05) is 30.3 Å². The number of amides is 1. The molecule has 2 heterocycles. The van der Waals surface area contributed by atoms with Gasteiger partial charge in [0.25, 0.3) is 11.2 Å². The van der Waals surface area contributed by atoms with E-state index in [1.54, 1.807) is 18.2 Å². The number of hydrogen-bond donors (Lipinski definition) is 0. The summed E-state index contributed by atoms with van der Waals surface area (Å²) in [6.07, 6.45) is 2.46. The summed E-state index contributed by atoms with van der Waals surface area (Å²) >= 11 is 0. The van der Waals surface area contributed by atoms with E-state index in [2.05, 4.69) is 0 Å². The van der Waals surface area contributed by atoms with E-state index in [-0.39, 0.29) is 13.1 Å². The van der Waals surface area contributed by atoms with Crippen LogP contribution in [0.4, 0.5) is 5.69 Å².